The number of aromatic nitrogens is 4. The molecule has 4 rings (SSSR count). The lowest BCUT2D eigenvalue weighted by molar-refractivity contribution is 0.0724. The molecule has 31 heavy (non-hydrogen) atoms. The number of halogens is 2. The van der Waals surface area contributed by atoms with E-state index < -0.39 is 17.9 Å². The zero-order valence-corrected chi connectivity index (χ0v) is 17.7. The zero-order valence-electron chi connectivity index (χ0n) is 17.7. The molecule has 2 saturated carbocycles. The van der Waals surface area contributed by atoms with Crippen LogP contribution in [0.3, 0.4) is 0 Å². The Labute approximate surface area is 179 Å². The zero-order chi connectivity index (χ0) is 22.0. The molecule has 168 valence electrons. The Kier molecular flexibility index (Phi) is 6.06. The van der Waals surface area contributed by atoms with Crippen molar-refractivity contribution in [3.05, 3.63) is 23.5 Å². The van der Waals surface area contributed by atoms with Crippen LogP contribution in [-0.4, -0.2) is 44.7 Å². The lowest BCUT2D eigenvalue weighted by atomic mass is 9.98. The molecule has 1 amide bonds. The summed E-state index contributed by atoms with van der Waals surface area (Å²) in [5.74, 6) is -2.83. The fraction of sp³-hybridized carbons (Fsp3) is 0.619. The number of amides is 1. The van der Waals surface area contributed by atoms with Crippen LogP contribution in [0, 0.1) is 12.8 Å². The van der Waals surface area contributed by atoms with Crippen molar-refractivity contribution in [2.24, 2.45) is 13.0 Å². The van der Waals surface area contributed by atoms with Gasteiger partial charge < -0.3 is 14.8 Å². The van der Waals surface area contributed by atoms with E-state index >= 15 is 0 Å². The average molecular weight is 435 g/mol. The number of carbonyl (C=O) groups excluding carboxylic acids is 1. The van der Waals surface area contributed by atoms with Gasteiger partial charge in [-0.15, -0.1) is 5.10 Å². The van der Waals surface area contributed by atoms with Gasteiger partial charge in [0.15, 0.2) is 0 Å². The Hall–Kier alpha value is -2.78. The number of nitrogens with zero attached hydrogens (tertiary/aromatic N) is 4. The van der Waals surface area contributed by atoms with Gasteiger partial charge in [-0.05, 0) is 44.7 Å². The summed E-state index contributed by atoms with van der Waals surface area (Å²) in [7, 11) is 1.71. The Morgan fingerprint density at radius 1 is 1.29 bits per heavy atom. The molecule has 2 aliphatic rings. The number of rotatable bonds is 7. The third kappa shape index (κ3) is 5.11. The van der Waals surface area contributed by atoms with E-state index in [-0.39, 0.29) is 25.7 Å². The van der Waals surface area contributed by atoms with Gasteiger partial charge in [0.1, 0.15) is 18.1 Å². The summed E-state index contributed by atoms with van der Waals surface area (Å²) in [5.41, 5.74) is 2.53. The van der Waals surface area contributed by atoms with Crippen LogP contribution in [0.15, 0.2) is 12.1 Å². The van der Waals surface area contributed by atoms with Crippen LogP contribution in [0.5, 0.6) is 5.75 Å². The third-order valence-corrected chi connectivity index (χ3v) is 5.84. The molecule has 0 spiro atoms. The second-order valence-corrected chi connectivity index (χ2v) is 8.28. The van der Waals surface area contributed by atoms with Crippen LogP contribution in [0.25, 0.3) is 11.4 Å². The number of hydrogen-bond acceptors (Lipinski definition) is 6. The van der Waals surface area contributed by atoms with E-state index in [4.69, 9.17) is 9.47 Å². The maximum Gasteiger partial charge on any atom is 0.407 e. The van der Waals surface area contributed by atoms with Gasteiger partial charge in [0.2, 0.25) is 0 Å². The maximum absolute atomic E-state index is 12.9. The van der Waals surface area contributed by atoms with Crippen molar-refractivity contribution in [2.75, 3.05) is 6.61 Å². The molecule has 2 heterocycles. The normalized spacial score (nSPS) is 20.3. The summed E-state index contributed by atoms with van der Waals surface area (Å²) in [5, 5.41) is 10.8. The lowest BCUT2D eigenvalue weighted by Gasteiger charge is -2.23. The number of nitrogens with one attached hydrogen (secondary N) is 1. The van der Waals surface area contributed by atoms with Crippen LogP contribution in [0.2, 0.25) is 0 Å². The minimum Gasteiger partial charge on any atom is -0.489 e. The third-order valence-electron chi connectivity index (χ3n) is 5.84. The number of alkyl carbamates (subject to hydrolysis) is 1. The molecule has 0 saturated heterocycles. The summed E-state index contributed by atoms with van der Waals surface area (Å²) in [4.78, 5) is 16.5. The van der Waals surface area contributed by atoms with E-state index in [1.54, 1.807) is 7.05 Å². The fourth-order valence-corrected chi connectivity index (χ4v) is 3.77. The molecule has 10 heteroatoms. The van der Waals surface area contributed by atoms with Gasteiger partial charge in [0, 0.05) is 13.5 Å². The monoisotopic (exact) mass is 435 g/mol. The number of carbonyl (C=O) groups is 1. The molecule has 0 radical (unpaired) electrons. The van der Waals surface area contributed by atoms with Crippen molar-refractivity contribution in [1.29, 1.82) is 0 Å². The van der Waals surface area contributed by atoms with E-state index in [1.165, 1.54) is 23.9 Å². The molecule has 0 unspecified atom stereocenters. The van der Waals surface area contributed by atoms with Gasteiger partial charge in [-0.2, -0.15) is 0 Å². The highest BCUT2D eigenvalue weighted by Crippen LogP contribution is 2.48. The summed E-state index contributed by atoms with van der Waals surface area (Å²) in [6, 6.07) is 3.72. The summed E-state index contributed by atoms with van der Waals surface area (Å²) in [6.07, 6.45) is 5.02. The Balaban J connectivity index is 1.38. The van der Waals surface area contributed by atoms with Gasteiger partial charge in [-0.3, -0.25) is 0 Å². The Bertz CT molecular complexity index is 943. The fourth-order valence-electron chi connectivity index (χ4n) is 3.77. The highest BCUT2D eigenvalue weighted by Gasteiger charge is 2.57. The summed E-state index contributed by atoms with van der Waals surface area (Å²) < 4.78 is 38.3. The van der Waals surface area contributed by atoms with Gasteiger partial charge in [-0.1, -0.05) is 11.6 Å². The number of alkyl halides is 2. The molecule has 0 aromatic carbocycles. The molecule has 2 aromatic rings. The largest absolute Gasteiger partial charge is 0.489 e. The van der Waals surface area contributed by atoms with E-state index in [0.29, 0.717) is 17.1 Å². The topological polar surface area (TPSA) is 91.2 Å². The van der Waals surface area contributed by atoms with Gasteiger partial charge in [0.05, 0.1) is 35.6 Å². The molecule has 2 fully saturated rings. The first kappa shape index (κ1) is 21.5. The quantitative estimate of drug-likeness (QED) is 0.712. The first-order valence-corrected chi connectivity index (χ1v) is 10.6. The molecule has 1 N–H and O–H groups in total. The standard InChI is InChI=1S/C21H27F2N5O3/c1-13-18(31-15-6-4-3-5-7-15)9-8-16(25-13)19-17(28(2)27-26-19)11-24-20(29)30-12-14-10-21(14,22)23/h8-9,14-15H,3-7,10-12H2,1-2H3,(H,24,29)/t14-/m1/s1. The van der Waals surface area contributed by atoms with E-state index in [2.05, 4.69) is 20.6 Å². The minimum atomic E-state index is -2.71. The molecule has 1 atom stereocenters. The summed E-state index contributed by atoms with van der Waals surface area (Å²) >= 11 is 0. The predicted molar refractivity (Wildman–Crippen MR) is 108 cm³/mol. The van der Waals surface area contributed by atoms with Crippen molar-refractivity contribution in [3.63, 3.8) is 0 Å². The highest BCUT2D eigenvalue weighted by atomic mass is 19.3. The van der Waals surface area contributed by atoms with Crippen LogP contribution < -0.4 is 10.1 Å². The summed E-state index contributed by atoms with van der Waals surface area (Å²) in [6.45, 7) is 1.68. The number of aryl methyl sites for hydroxylation is 2. The van der Waals surface area contributed by atoms with Crippen molar-refractivity contribution in [1.82, 2.24) is 25.3 Å². The first-order chi connectivity index (χ1) is 14.8. The van der Waals surface area contributed by atoms with Crippen LogP contribution in [-0.2, 0) is 18.3 Å². The molecule has 8 nitrogen and oxygen atoms in total. The average Bonchev–Trinajstić information content (AvgIpc) is 3.19. The second kappa shape index (κ2) is 8.76. The van der Waals surface area contributed by atoms with Crippen molar-refractivity contribution < 1.29 is 23.0 Å². The van der Waals surface area contributed by atoms with Crippen LogP contribution in [0.1, 0.15) is 49.9 Å². The predicted octanol–water partition coefficient (Wildman–Crippen LogP) is 3.78. The van der Waals surface area contributed by atoms with Crippen LogP contribution in [0.4, 0.5) is 13.6 Å². The van der Waals surface area contributed by atoms with Crippen molar-refractivity contribution >= 4 is 6.09 Å². The van der Waals surface area contributed by atoms with E-state index in [0.717, 1.165) is 24.3 Å². The van der Waals surface area contributed by atoms with Gasteiger partial charge in [-0.25, -0.2) is 23.2 Å². The Morgan fingerprint density at radius 2 is 2.03 bits per heavy atom. The van der Waals surface area contributed by atoms with Crippen molar-refractivity contribution in [3.8, 4) is 17.1 Å². The van der Waals surface area contributed by atoms with E-state index in [1.807, 2.05) is 19.1 Å². The number of pyridine rings is 1. The maximum atomic E-state index is 12.9. The number of ether oxygens (including phenoxy) is 2. The SMILES string of the molecule is Cc1nc(-c2nnn(C)c2CNC(=O)OC[C@H]2CC2(F)F)ccc1OC1CCCCC1. The lowest BCUT2D eigenvalue weighted by Crippen LogP contribution is -2.26. The van der Waals surface area contributed by atoms with Crippen molar-refractivity contribution in [2.45, 2.75) is 64.0 Å². The molecule has 2 aliphatic carbocycles. The minimum absolute atomic E-state index is 0.0831. The van der Waals surface area contributed by atoms with Crippen LogP contribution >= 0.6 is 0 Å². The molecule has 0 aliphatic heterocycles. The molecular weight excluding hydrogens is 408 g/mol. The highest BCUT2D eigenvalue weighted by molar-refractivity contribution is 5.68. The second-order valence-electron chi connectivity index (χ2n) is 8.28. The smallest absolute Gasteiger partial charge is 0.407 e. The van der Waals surface area contributed by atoms with Gasteiger partial charge >= 0.3 is 6.09 Å². The Morgan fingerprint density at radius 3 is 2.71 bits per heavy atom. The van der Waals surface area contributed by atoms with Gasteiger partial charge in [0.25, 0.3) is 5.92 Å². The molecule has 0 bridgehead atoms. The molecule has 2 aromatic heterocycles. The molecular formula is C21H27F2N5O3. The first-order valence-electron chi connectivity index (χ1n) is 10.6. The number of hydrogen-bond donors (Lipinski definition) is 1. The van der Waals surface area contributed by atoms with E-state index in [9.17, 15) is 13.6 Å².